The molecule has 0 saturated heterocycles. The SMILES string of the molecule is CCNc1ncnc(NCC2(C)CCCCC2)c1Br. The third kappa shape index (κ3) is 3.81. The first-order chi connectivity index (χ1) is 9.14. The lowest BCUT2D eigenvalue weighted by Crippen LogP contribution is -2.29. The molecular weight excluding hydrogens is 304 g/mol. The van der Waals surface area contributed by atoms with E-state index < -0.39 is 0 Å². The molecule has 1 aromatic rings. The minimum Gasteiger partial charge on any atom is -0.369 e. The Morgan fingerprint density at radius 2 is 1.79 bits per heavy atom. The van der Waals surface area contributed by atoms with Crippen molar-refractivity contribution in [2.75, 3.05) is 23.7 Å². The van der Waals surface area contributed by atoms with Gasteiger partial charge in [0.15, 0.2) is 0 Å². The van der Waals surface area contributed by atoms with E-state index in [4.69, 9.17) is 0 Å². The lowest BCUT2D eigenvalue weighted by Gasteiger charge is -2.34. The summed E-state index contributed by atoms with van der Waals surface area (Å²) < 4.78 is 0.927. The summed E-state index contributed by atoms with van der Waals surface area (Å²) in [6.07, 6.45) is 8.31. The quantitative estimate of drug-likeness (QED) is 0.856. The Morgan fingerprint density at radius 1 is 1.16 bits per heavy atom. The Labute approximate surface area is 123 Å². The van der Waals surface area contributed by atoms with Gasteiger partial charge in [0.2, 0.25) is 0 Å². The van der Waals surface area contributed by atoms with Crippen LogP contribution in [0, 0.1) is 5.41 Å². The minimum atomic E-state index is 0.404. The van der Waals surface area contributed by atoms with Crippen molar-refractivity contribution >= 4 is 27.6 Å². The zero-order valence-corrected chi connectivity index (χ0v) is 13.4. The van der Waals surface area contributed by atoms with Gasteiger partial charge in [-0.3, -0.25) is 0 Å². The maximum absolute atomic E-state index is 4.33. The molecule has 5 heteroatoms. The van der Waals surface area contributed by atoms with E-state index in [2.05, 4.69) is 50.4 Å². The van der Waals surface area contributed by atoms with Gasteiger partial charge in [0, 0.05) is 13.1 Å². The first-order valence-corrected chi connectivity index (χ1v) is 7.92. The van der Waals surface area contributed by atoms with Crippen LogP contribution in [-0.4, -0.2) is 23.1 Å². The number of rotatable bonds is 5. The third-order valence-corrected chi connectivity index (χ3v) is 4.63. The highest BCUT2D eigenvalue weighted by Crippen LogP contribution is 2.36. The van der Waals surface area contributed by atoms with Crippen molar-refractivity contribution in [3.05, 3.63) is 10.8 Å². The molecule has 1 aliphatic carbocycles. The van der Waals surface area contributed by atoms with Crippen molar-refractivity contribution in [3.63, 3.8) is 0 Å². The fourth-order valence-corrected chi connectivity index (χ4v) is 3.15. The number of aromatic nitrogens is 2. The van der Waals surface area contributed by atoms with E-state index in [9.17, 15) is 0 Å². The maximum Gasteiger partial charge on any atom is 0.145 e. The van der Waals surface area contributed by atoms with Gasteiger partial charge in [-0.2, -0.15) is 0 Å². The van der Waals surface area contributed by atoms with Crippen LogP contribution in [0.25, 0.3) is 0 Å². The first-order valence-electron chi connectivity index (χ1n) is 7.13. The molecule has 2 rings (SSSR count). The molecule has 1 aliphatic rings. The van der Waals surface area contributed by atoms with Gasteiger partial charge >= 0.3 is 0 Å². The summed E-state index contributed by atoms with van der Waals surface area (Å²) in [7, 11) is 0. The summed E-state index contributed by atoms with van der Waals surface area (Å²) in [6.45, 7) is 6.27. The van der Waals surface area contributed by atoms with E-state index in [-0.39, 0.29) is 0 Å². The Bertz CT molecular complexity index is 416. The second kappa shape index (κ2) is 6.55. The van der Waals surface area contributed by atoms with E-state index in [1.54, 1.807) is 6.33 Å². The molecule has 1 fully saturated rings. The van der Waals surface area contributed by atoms with Crippen LogP contribution >= 0.6 is 15.9 Å². The van der Waals surface area contributed by atoms with Crippen LogP contribution in [0.3, 0.4) is 0 Å². The van der Waals surface area contributed by atoms with Gasteiger partial charge in [0.25, 0.3) is 0 Å². The second-order valence-electron chi connectivity index (χ2n) is 5.64. The van der Waals surface area contributed by atoms with Gasteiger partial charge in [-0.05, 0) is 41.1 Å². The number of anilines is 2. The van der Waals surface area contributed by atoms with Crippen molar-refractivity contribution < 1.29 is 0 Å². The monoisotopic (exact) mass is 326 g/mol. The van der Waals surface area contributed by atoms with Gasteiger partial charge in [-0.1, -0.05) is 26.2 Å². The molecule has 0 aromatic carbocycles. The highest BCUT2D eigenvalue weighted by Gasteiger charge is 2.26. The molecule has 0 radical (unpaired) electrons. The van der Waals surface area contributed by atoms with Gasteiger partial charge in [0.05, 0.1) is 0 Å². The van der Waals surface area contributed by atoms with Crippen LogP contribution in [0.2, 0.25) is 0 Å². The van der Waals surface area contributed by atoms with Crippen LogP contribution in [0.15, 0.2) is 10.8 Å². The topological polar surface area (TPSA) is 49.8 Å². The number of nitrogens with zero attached hydrogens (tertiary/aromatic N) is 2. The third-order valence-electron chi connectivity index (χ3n) is 3.88. The second-order valence-corrected chi connectivity index (χ2v) is 6.43. The summed E-state index contributed by atoms with van der Waals surface area (Å²) >= 11 is 3.57. The van der Waals surface area contributed by atoms with E-state index in [1.165, 1.54) is 32.1 Å². The van der Waals surface area contributed by atoms with E-state index in [0.29, 0.717) is 5.41 Å². The van der Waals surface area contributed by atoms with Crippen molar-refractivity contribution in [2.45, 2.75) is 46.0 Å². The van der Waals surface area contributed by atoms with Crippen LogP contribution in [0.1, 0.15) is 46.0 Å². The molecule has 4 nitrogen and oxygen atoms in total. The highest BCUT2D eigenvalue weighted by atomic mass is 79.9. The average Bonchev–Trinajstić information content (AvgIpc) is 2.41. The summed E-state index contributed by atoms with van der Waals surface area (Å²) in [5.41, 5.74) is 0.404. The van der Waals surface area contributed by atoms with Gasteiger partial charge in [0.1, 0.15) is 22.4 Å². The van der Waals surface area contributed by atoms with Gasteiger partial charge < -0.3 is 10.6 Å². The van der Waals surface area contributed by atoms with Crippen molar-refractivity contribution in [1.82, 2.24) is 9.97 Å². The maximum atomic E-state index is 4.33. The summed E-state index contributed by atoms with van der Waals surface area (Å²) in [6, 6.07) is 0. The molecule has 1 aromatic heterocycles. The molecular formula is C14H23BrN4. The minimum absolute atomic E-state index is 0.404. The molecule has 19 heavy (non-hydrogen) atoms. The fraction of sp³-hybridized carbons (Fsp3) is 0.714. The average molecular weight is 327 g/mol. The molecule has 0 amide bonds. The highest BCUT2D eigenvalue weighted by molar-refractivity contribution is 9.10. The van der Waals surface area contributed by atoms with Gasteiger partial charge in [-0.25, -0.2) is 9.97 Å². The van der Waals surface area contributed by atoms with Crippen molar-refractivity contribution in [3.8, 4) is 0 Å². The largest absolute Gasteiger partial charge is 0.369 e. The Balaban J connectivity index is 2.00. The molecule has 0 spiro atoms. The lowest BCUT2D eigenvalue weighted by molar-refractivity contribution is 0.233. The molecule has 106 valence electrons. The number of hydrogen-bond donors (Lipinski definition) is 2. The van der Waals surface area contributed by atoms with Crippen LogP contribution in [-0.2, 0) is 0 Å². The van der Waals surface area contributed by atoms with E-state index >= 15 is 0 Å². The fourth-order valence-electron chi connectivity index (χ4n) is 2.66. The smallest absolute Gasteiger partial charge is 0.145 e. The number of hydrogen-bond acceptors (Lipinski definition) is 4. The molecule has 2 N–H and O–H groups in total. The Morgan fingerprint density at radius 3 is 2.42 bits per heavy atom. The van der Waals surface area contributed by atoms with Crippen LogP contribution in [0.5, 0.6) is 0 Å². The number of nitrogens with one attached hydrogen (secondary N) is 2. The van der Waals surface area contributed by atoms with Crippen LogP contribution in [0.4, 0.5) is 11.6 Å². The molecule has 0 unspecified atom stereocenters. The summed E-state index contributed by atoms with van der Waals surface area (Å²) in [5, 5.41) is 6.71. The first kappa shape index (κ1) is 14.6. The molecule has 0 aliphatic heterocycles. The summed E-state index contributed by atoms with van der Waals surface area (Å²) in [5.74, 6) is 1.74. The zero-order valence-electron chi connectivity index (χ0n) is 11.8. The normalized spacial score (nSPS) is 18.1. The van der Waals surface area contributed by atoms with E-state index in [0.717, 1.165) is 29.2 Å². The number of halogens is 1. The Kier molecular flexibility index (Phi) is 5.02. The molecule has 0 atom stereocenters. The zero-order chi connectivity index (χ0) is 13.7. The van der Waals surface area contributed by atoms with Crippen molar-refractivity contribution in [2.24, 2.45) is 5.41 Å². The molecule has 1 heterocycles. The predicted molar refractivity (Wildman–Crippen MR) is 83.6 cm³/mol. The Hall–Kier alpha value is -0.840. The van der Waals surface area contributed by atoms with Crippen LogP contribution < -0.4 is 10.6 Å². The van der Waals surface area contributed by atoms with Crippen molar-refractivity contribution in [1.29, 1.82) is 0 Å². The van der Waals surface area contributed by atoms with E-state index in [1.807, 2.05) is 0 Å². The summed E-state index contributed by atoms with van der Waals surface area (Å²) in [4.78, 5) is 8.56. The lowest BCUT2D eigenvalue weighted by atomic mass is 9.76. The molecule has 0 bridgehead atoms. The molecule has 1 saturated carbocycles. The van der Waals surface area contributed by atoms with Gasteiger partial charge in [-0.15, -0.1) is 0 Å². The predicted octanol–water partition coefficient (Wildman–Crippen LogP) is 4.05. The standard InChI is InChI=1S/C14H23BrN4/c1-3-16-12-11(15)13(19-10-18-12)17-9-14(2)7-5-4-6-8-14/h10H,3-9H2,1-2H3,(H2,16,17,18,19).